The van der Waals surface area contributed by atoms with Gasteiger partial charge in [0.2, 0.25) is 5.91 Å². The number of alkyl halides is 3. The van der Waals surface area contributed by atoms with Gasteiger partial charge in [-0.25, -0.2) is 9.97 Å². The lowest BCUT2D eigenvalue weighted by Crippen LogP contribution is -2.33. The fourth-order valence-electron chi connectivity index (χ4n) is 3.56. The van der Waals surface area contributed by atoms with E-state index in [2.05, 4.69) is 20.6 Å². The Hall–Kier alpha value is -3.75. The molecule has 6 nitrogen and oxygen atoms in total. The van der Waals surface area contributed by atoms with Gasteiger partial charge in [-0.3, -0.25) is 9.59 Å². The lowest BCUT2D eigenvalue weighted by Gasteiger charge is -2.16. The Morgan fingerprint density at radius 2 is 1.64 bits per heavy atom. The third-order valence-electron chi connectivity index (χ3n) is 5.64. The fraction of sp³-hybridized carbons (Fsp3) is 0.250. The van der Waals surface area contributed by atoms with Gasteiger partial charge in [0.05, 0.1) is 22.2 Å². The molecule has 0 bridgehead atoms. The normalized spacial score (nSPS) is 14.4. The van der Waals surface area contributed by atoms with E-state index in [4.69, 9.17) is 0 Å². The Bertz CT molecular complexity index is 1140. The first-order valence-electron chi connectivity index (χ1n) is 10.4. The van der Waals surface area contributed by atoms with Crippen LogP contribution in [-0.2, 0) is 17.5 Å². The molecule has 1 aliphatic carbocycles. The quantitative estimate of drug-likeness (QED) is 0.473. The smallest absolute Gasteiger partial charge is 0.355 e. The standard InChI is InChI=1S/C24H21F3N4O2/c25-24(26,27)19-3-1-2-4-20(19)31-18-7-5-16(6-8-18)12-30-22(33)23(9-10-23)11-21(32)17-13-28-15-29-14-17/h1-8,13-15,31H,9-12H2,(H,30,33). The average Bonchev–Trinajstić information content (AvgIpc) is 3.59. The van der Waals surface area contributed by atoms with Crippen LogP contribution in [0.3, 0.4) is 0 Å². The van der Waals surface area contributed by atoms with Gasteiger partial charge in [-0.05, 0) is 42.7 Å². The molecule has 33 heavy (non-hydrogen) atoms. The number of carbonyl (C=O) groups is 2. The highest BCUT2D eigenvalue weighted by molar-refractivity contribution is 6.00. The molecule has 1 saturated carbocycles. The predicted molar refractivity (Wildman–Crippen MR) is 116 cm³/mol. The van der Waals surface area contributed by atoms with Crippen molar-refractivity contribution in [2.75, 3.05) is 5.32 Å². The maximum absolute atomic E-state index is 13.2. The number of nitrogens with zero attached hydrogens (tertiary/aromatic N) is 2. The van der Waals surface area contributed by atoms with Crippen LogP contribution in [0.5, 0.6) is 0 Å². The SMILES string of the molecule is O=C(CC1(C(=O)NCc2ccc(Nc3ccccc3C(F)(F)F)cc2)CC1)c1cncnc1. The second-order valence-electron chi connectivity index (χ2n) is 8.06. The van der Waals surface area contributed by atoms with Crippen molar-refractivity contribution in [3.05, 3.63) is 83.9 Å². The number of carbonyl (C=O) groups excluding carboxylic acids is 2. The first-order valence-corrected chi connectivity index (χ1v) is 10.4. The number of amides is 1. The molecule has 0 spiro atoms. The van der Waals surface area contributed by atoms with Crippen LogP contribution >= 0.6 is 0 Å². The van der Waals surface area contributed by atoms with Gasteiger partial charge in [0, 0.05) is 31.0 Å². The molecule has 1 fully saturated rings. The molecule has 9 heteroatoms. The molecule has 1 amide bonds. The van der Waals surface area contributed by atoms with E-state index in [-0.39, 0.29) is 30.3 Å². The van der Waals surface area contributed by atoms with E-state index < -0.39 is 17.2 Å². The summed E-state index contributed by atoms with van der Waals surface area (Å²) in [6.45, 7) is 0.253. The molecule has 0 radical (unpaired) electrons. The largest absolute Gasteiger partial charge is 0.418 e. The van der Waals surface area contributed by atoms with E-state index in [1.54, 1.807) is 24.3 Å². The molecule has 1 aromatic heterocycles. The number of benzene rings is 2. The first-order chi connectivity index (χ1) is 15.8. The summed E-state index contributed by atoms with van der Waals surface area (Å²) in [4.78, 5) is 32.8. The molecule has 1 heterocycles. The van der Waals surface area contributed by atoms with Gasteiger partial charge in [-0.2, -0.15) is 13.2 Å². The first kappa shape index (κ1) is 22.4. The van der Waals surface area contributed by atoms with Crippen LogP contribution in [0.4, 0.5) is 24.5 Å². The zero-order valence-electron chi connectivity index (χ0n) is 17.5. The average molecular weight is 454 g/mol. The van der Waals surface area contributed by atoms with E-state index in [9.17, 15) is 22.8 Å². The summed E-state index contributed by atoms with van der Waals surface area (Å²) in [5, 5.41) is 5.65. The Kier molecular flexibility index (Phi) is 6.13. The summed E-state index contributed by atoms with van der Waals surface area (Å²) in [7, 11) is 0. The molecule has 170 valence electrons. The molecule has 4 rings (SSSR count). The number of ketones is 1. The van der Waals surface area contributed by atoms with E-state index in [0.29, 0.717) is 24.1 Å². The molecular formula is C24H21F3N4O2. The third kappa shape index (κ3) is 5.36. The fourth-order valence-corrected chi connectivity index (χ4v) is 3.56. The molecule has 2 aromatic carbocycles. The Morgan fingerprint density at radius 1 is 0.970 bits per heavy atom. The van der Waals surface area contributed by atoms with Crippen molar-refractivity contribution in [1.29, 1.82) is 0 Å². The van der Waals surface area contributed by atoms with Gasteiger partial charge < -0.3 is 10.6 Å². The monoisotopic (exact) mass is 454 g/mol. The van der Waals surface area contributed by atoms with Crippen molar-refractivity contribution < 1.29 is 22.8 Å². The maximum atomic E-state index is 13.2. The number of hydrogen-bond acceptors (Lipinski definition) is 5. The van der Waals surface area contributed by atoms with E-state index in [1.165, 1.54) is 36.9 Å². The Morgan fingerprint density at radius 3 is 2.27 bits per heavy atom. The van der Waals surface area contributed by atoms with Gasteiger partial charge in [0.1, 0.15) is 6.33 Å². The molecule has 2 N–H and O–H groups in total. The maximum Gasteiger partial charge on any atom is 0.418 e. The van der Waals surface area contributed by atoms with Crippen LogP contribution in [0.25, 0.3) is 0 Å². The van der Waals surface area contributed by atoms with E-state index in [1.807, 2.05) is 0 Å². The van der Waals surface area contributed by atoms with Crippen molar-refractivity contribution >= 4 is 23.1 Å². The molecular weight excluding hydrogens is 433 g/mol. The number of aromatic nitrogens is 2. The van der Waals surface area contributed by atoms with Crippen LogP contribution in [0.1, 0.15) is 40.7 Å². The van der Waals surface area contributed by atoms with Crippen LogP contribution in [-0.4, -0.2) is 21.7 Å². The van der Waals surface area contributed by atoms with E-state index >= 15 is 0 Å². The number of para-hydroxylation sites is 1. The van der Waals surface area contributed by atoms with Gasteiger partial charge in [-0.15, -0.1) is 0 Å². The van der Waals surface area contributed by atoms with Gasteiger partial charge in [0.15, 0.2) is 5.78 Å². The minimum Gasteiger partial charge on any atom is -0.355 e. The van der Waals surface area contributed by atoms with Gasteiger partial charge >= 0.3 is 6.18 Å². The lowest BCUT2D eigenvalue weighted by atomic mass is 9.95. The minimum absolute atomic E-state index is 0.0322. The number of nitrogens with one attached hydrogen (secondary N) is 2. The molecule has 0 unspecified atom stereocenters. The number of halogens is 3. The summed E-state index contributed by atoms with van der Waals surface area (Å²) in [6, 6.07) is 12.0. The number of rotatable bonds is 8. The molecule has 1 aliphatic rings. The van der Waals surface area contributed by atoms with Gasteiger partial charge in [0.25, 0.3) is 0 Å². The van der Waals surface area contributed by atoms with Crippen molar-refractivity contribution in [2.45, 2.75) is 32.0 Å². The molecule has 0 aliphatic heterocycles. The summed E-state index contributed by atoms with van der Waals surface area (Å²) in [5.41, 5.74) is 0.192. The third-order valence-corrected chi connectivity index (χ3v) is 5.64. The van der Waals surface area contributed by atoms with Gasteiger partial charge in [-0.1, -0.05) is 24.3 Å². The second kappa shape index (κ2) is 9.01. The van der Waals surface area contributed by atoms with Crippen molar-refractivity contribution in [3.63, 3.8) is 0 Å². The summed E-state index contributed by atoms with van der Waals surface area (Å²) in [6.07, 6.45) is 1.14. The van der Waals surface area contributed by atoms with Crippen molar-refractivity contribution in [2.24, 2.45) is 5.41 Å². The highest BCUT2D eigenvalue weighted by Gasteiger charge is 2.51. The van der Waals surface area contributed by atoms with Crippen LogP contribution < -0.4 is 10.6 Å². The lowest BCUT2D eigenvalue weighted by molar-refractivity contribution is -0.137. The van der Waals surface area contributed by atoms with Crippen molar-refractivity contribution in [1.82, 2.24) is 15.3 Å². The number of hydrogen-bond donors (Lipinski definition) is 2. The summed E-state index contributed by atoms with van der Waals surface area (Å²) >= 11 is 0. The number of anilines is 2. The summed E-state index contributed by atoms with van der Waals surface area (Å²) < 4.78 is 39.5. The highest BCUT2D eigenvalue weighted by Crippen LogP contribution is 2.49. The molecule has 0 saturated heterocycles. The van der Waals surface area contributed by atoms with Crippen LogP contribution in [0.15, 0.2) is 67.3 Å². The molecule has 0 atom stereocenters. The minimum atomic E-state index is -4.46. The summed E-state index contributed by atoms with van der Waals surface area (Å²) in [5.74, 6) is -0.355. The van der Waals surface area contributed by atoms with Crippen LogP contribution in [0.2, 0.25) is 0 Å². The Labute approximate surface area is 188 Å². The van der Waals surface area contributed by atoms with E-state index in [0.717, 1.165) is 11.6 Å². The zero-order valence-corrected chi connectivity index (χ0v) is 17.5. The zero-order chi connectivity index (χ0) is 23.5. The van der Waals surface area contributed by atoms with Crippen LogP contribution in [0, 0.1) is 5.41 Å². The van der Waals surface area contributed by atoms with Crippen molar-refractivity contribution in [3.8, 4) is 0 Å². The Balaban J connectivity index is 1.34. The predicted octanol–water partition coefficient (Wildman–Crippen LogP) is 4.91. The molecule has 3 aromatic rings. The highest BCUT2D eigenvalue weighted by atomic mass is 19.4. The topological polar surface area (TPSA) is 84.0 Å². The number of Topliss-reactive ketones (excluding diaryl/α,β-unsaturated/α-hetero) is 1. The second-order valence-corrected chi connectivity index (χ2v) is 8.06.